The van der Waals surface area contributed by atoms with Gasteiger partial charge in [0.05, 0.1) is 48.3 Å². The summed E-state index contributed by atoms with van der Waals surface area (Å²) in [6, 6.07) is 23.5. The number of hydrogen-bond donors (Lipinski definition) is 0. The average molecular weight is 591 g/mol. The van der Waals surface area contributed by atoms with Gasteiger partial charge in [-0.1, -0.05) is 80.6 Å². The highest BCUT2D eigenvalue weighted by Gasteiger charge is 2.75. The van der Waals surface area contributed by atoms with Gasteiger partial charge in [0.1, 0.15) is 11.5 Å². The number of nitrogens with zero attached hydrogens (tertiary/aromatic N) is 2. The molecule has 2 heterocycles. The third-order valence-electron chi connectivity index (χ3n) is 9.56. The topological polar surface area (TPSA) is 93.2 Å². The molecule has 0 aromatic heterocycles. The van der Waals surface area contributed by atoms with Crippen LogP contribution in [0.1, 0.15) is 32.3 Å². The summed E-state index contributed by atoms with van der Waals surface area (Å²) in [6.45, 7) is 4.84. The molecule has 3 aliphatic carbocycles. The van der Waals surface area contributed by atoms with Crippen LogP contribution in [0.4, 0.5) is 11.4 Å². The van der Waals surface area contributed by atoms with Gasteiger partial charge < -0.3 is 9.47 Å². The second-order valence-corrected chi connectivity index (χ2v) is 11.9. The van der Waals surface area contributed by atoms with E-state index in [4.69, 9.17) is 9.47 Å². The van der Waals surface area contributed by atoms with E-state index in [1.165, 1.54) is 9.80 Å². The number of amides is 4. The lowest BCUT2D eigenvalue weighted by Crippen LogP contribution is -2.60. The van der Waals surface area contributed by atoms with Crippen LogP contribution in [0, 0.1) is 29.6 Å². The van der Waals surface area contributed by atoms with E-state index < -0.39 is 35.0 Å². The zero-order valence-electron chi connectivity index (χ0n) is 24.7. The Labute approximate surface area is 256 Å². The molecule has 4 atom stereocenters. The Morgan fingerprint density at radius 1 is 0.614 bits per heavy atom. The zero-order valence-corrected chi connectivity index (χ0v) is 24.7. The Kier molecular flexibility index (Phi) is 6.87. The number of rotatable bonds is 9. The van der Waals surface area contributed by atoms with Crippen LogP contribution in [-0.4, -0.2) is 36.8 Å². The van der Waals surface area contributed by atoms with Gasteiger partial charge in [0.15, 0.2) is 0 Å². The number of hydrogen-bond acceptors (Lipinski definition) is 6. The standard InChI is InChI=1S/C36H34N2O6/c1-3-20-43-26-16-10-8-14-24(26)37-32(39)28-23-18-19-36(30(28)34(37)41,22-12-6-5-7-13-22)31-29(23)33(40)38(35(31)42)25-15-9-11-17-27(25)44-21-4-2/h5-19,23,28-31H,3-4,20-21H2,1-2H3/t23?,28-,29-,30-,31-,36?/m1/s1. The summed E-state index contributed by atoms with van der Waals surface area (Å²) in [6.07, 6.45) is 5.36. The van der Waals surface area contributed by atoms with Crippen LogP contribution in [-0.2, 0) is 24.6 Å². The Morgan fingerprint density at radius 2 is 1.07 bits per heavy atom. The molecule has 8 nitrogen and oxygen atoms in total. The quantitative estimate of drug-likeness (QED) is 0.248. The molecular formula is C36H34N2O6. The van der Waals surface area contributed by atoms with E-state index in [1.54, 1.807) is 36.4 Å². The van der Waals surface area contributed by atoms with Gasteiger partial charge in [-0.05, 0) is 42.7 Å². The van der Waals surface area contributed by atoms with Crippen molar-refractivity contribution < 1.29 is 28.7 Å². The van der Waals surface area contributed by atoms with Gasteiger partial charge in [0.25, 0.3) is 0 Å². The molecule has 3 aromatic carbocycles. The normalized spacial score (nSPS) is 28.5. The van der Waals surface area contributed by atoms with E-state index in [2.05, 4.69) is 0 Å². The van der Waals surface area contributed by atoms with Crippen LogP contribution in [0.5, 0.6) is 11.5 Å². The first-order valence-corrected chi connectivity index (χ1v) is 15.4. The van der Waals surface area contributed by atoms with Crippen molar-refractivity contribution >= 4 is 35.0 Å². The zero-order chi connectivity index (χ0) is 30.6. The molecule has 8 heteroatoms. The summed E-state index contributed by atoms with van der Waals surface area (Å²) in [7, 11) is 0. The SMILES string of the molecule is CCCOc1ccccc1N1C(=O)[C@@H]2C3C=CC(c4ccccc4)([C@H]2C1=O)[C@H]1C(=O)N(c2ccccc2OCCC)C(=O)[C@H]31. The van der Waals surface area contributed by atoms with Crippen molar-refractivity contribution in [2.24, 2.45) is 29.6 Å². The molecule has 3 fully saturated rings. The van der Waals surface area contributed by atoms with E-state index in [9.17, 15) is 19.2 Å². The first-order chi connectivity index (χ1) is 21.5. The van der Waals surface area contributed by atoms with Crippen molar-refractivity contribution in [2.45, 2.75) is 32.1 Å². The molecule has 3 aromatic rings. The molecule has 8 rings (SSSR count). The predicted octanol–water partition coefficient (Wildman–Crippen LogP) is 5.31. The fraction of sp³-hybridized carbons (Fsp3) is 0.333. The van der Waals surface area contributed by atoms with Crippen molar-refractivity contribution in [3.63, 3.8) is 0 Å². The molecule has 4 amide bonds. The Hall–Kier alpha value is -4.72. The number of anilines is 2. The summed E-state index contributed by atoms with van der Waals surface area (Å²) >= 11 is 0. The van der Waals surface area contributed by atoms with E-state index in [0.29, 0.717) is 36.1 Å². The molecule has 0 radical (unpaired) electrons. The summed E-state index contributed by atoms with van der Waals surface area (Å²) in [5, 5.41) is 0. The second-order valence-electron chi connectivity index (χ2n) is 11.9. The molecule has 2 aliphatic heterocycles. The maximum atomic E-state index is 14.6. The first kappa shape index (κ1) is 28.1. The minimum Gasteiger partial charge on any atom is -0.491 e. The third-order valence-corrected chi connectivity index (χ3v) is 9.56. The first-order valence-electron chi connectivity index (χ1n) is 15.4. The fourth-order valence-corrected chi connectivity index (χ4v) is 7.91. The molecule has 1 saturated carbocycles. The van der Waals surface area contributed by atoms with E-state index >= 15 is 0 Å². The lowest BCUT2D eigenvalue weighted by Gasteiger charge is -2.53. The Bertz CT molecular complexity index is 1590. The van der Waals surface area contributed by atoms with Gasteiger partial charge in [-0.25, -0.2) is 9.80 Å². The number of para-hydroxylation sites is 4. The number of ether oxygens (including phenoxy) is 2. The smallest absolute Gasteiger partial charge is 0.239 e. The molecule has 0 unspecified atom stereocenters. The van der Waals surface area contributed by atoms with E-state index in [1.807, 2.05) is 68.5 Å². The largest absolute Gasteiger partial charge is 0.491 e. The van der Waals surface area contributed by atoms with Crippen LogP contribution in [0.15, 0.2) is 91.0 Å². The Balaban J connectivity index is 1.38. The summed E-state index contributed by atoms with van der Waals surface area (Å²) in [5.74, 6) is -4.57. The summed E-state index contributed by atoms with van der Waals surface area (Å²) < 4.78 is 11.9. The number of carbonyl (C=O) groups is 4. The maximum absolute atomic E-state index is 14.6. The molecule has 2 saturated heterocycles. The minimum atomic E-state index is -1.20. The van der Waals surface area contributed by atoms with Crippen molar-refractivity contribution in [2.75, 3.05) is 23.0 Å². The van der Waals surface area contributed by atoms with Crippen LogP contribution in [0.25, 0.3) is 0 Å². The average Bonchev–Trinajstić information content (AvgIpc) is 3.50. The van der Waals surface area contributed by atoms with Gasteiger partial charge in [-0.2, -0.15) is 0 Å². The van der Waals surface area contributed by atoms with Gasteiger partial charge in [0.2, 0.25) is 23.6 Å². The summed E-state index contributed by atoms with van der Waals surface area (Å²) in [5.41, 5.74) is 0.308. The third kappa shape index (κ3) is 3.82. The maximum Gasteiger partial charge on any atom is 0.239 e. The number of imide groups is 2. The molecule has 2 bridgehead atoms. The molecule has 224 valence electrons. The number of benzene rings is 3. The molecule has 0 N–H and O–H groups in total. The van der Waals surface area contributed by atoms with Crippen LogP contribution < -0.4 is 19.3 Å². The number of carbonyl (C=O) groups excluding carboxylic acids is 4. The molecule has 0 spiro atoms. The van der Waals surface area contributed by atoms with E-state index in [-0.39, 0.29) is 23.6 Å². The van der Waals surface area contributed by atoms with E-state index in [0.717, 1.165) is 18.4 Å². The highest BCUT2D eigenvalue weighted by Crippen LogP contribution is 2.65. The van der Waals surface area contributed by atoms with Crippen molar-refractivity contribution in [1.82, 2.24) is 0 Å². The highest BCUT2D eigenvalue weighted by molar-refractivity contribution is 6.27. The fourth-order valence-electron chi connectivity index (χ4n) is 7.91. The molecular weight excluding hydrogens is 556 g/mol. The van der Waals surface area contributed by atoms with Crippen LogP contribution in [0.2, 0.25) is 0 Å². The monoisotopic (exact) mass is 590 g/mol. The van der Waals surface area contributed by atoms with Gasteiger partial charge in [-0.15, -0.1) is 0 Å². The number of allylic oxidation sites excluding steroid dienone is 2. The van der Waals surface area contributed by atoms with Gasteiger partial charge in [-0.3, -0.25) is 19.2 Å². The second kappa shape index (κ2) is 10.8. The summed E-state index contributed by atoms with van der Waals surface area (Å²) in [4.78, 5) is 60.6. The van der Waals surface area contributed by atoms with Gasteiger partial charge in [0, 0.05) is 11.3 Å². The Morgan fingerprint density at radius 3 is 1.55 bits per heavy atom. The highest BCUT2D eigenvalue weighted by atomic mass is 16.5. The van der Waals surface area contributed by atoms with Crippen molar-refractivity contribution in [3.8, 4) is 11.5 Å². The molecule has 5 aliphatic rings. The molecule has 44 heavy (non-hydrogen) atoms. The lowest BCUT2D eigenvalue weighted by molar-refractivity contribution is -0.140. The van der Waals surface area contributed by atoms with Crippen molar-refractivity contribution in [1.29, 1.82) is 0 Å². The van der Waals surface area contributed by atoms with Crippen molar-refractivity contribution in [3.05, 3.63) is 96.6 Å². The predicted molar refractivity (Wildman–Crippen MR) is 164 cm³/mol. The van der Waals surface area contributed by atoms with Crippen LogP contribution >= 0.6 is 0 Å². The lowest BCUT2D eigenvalue weighted by atomic mass is 9.45. The van der Waals surface area contributed by atoms with Gasteiger partial charge >= 0.3 is 0 Å². The minimum absolute atomic E-state index is 0.369. The van der Waals surface area contributed by atoms with Crippen LogP contribution in [0.3, 0.4) is 0 Å².